The smallest absolute Gasteiger partial charge is 0.303 e. The van der Waals surface area contributed by atoms with Crippen LogP contribution < -0.4 is 5.32 Å². The minimum atomic E-state index is -0.706. The van der Waals surface area contributed by atoms with Gasteiger partial charge in [-0.1, -0.05) is 39.7 Å². The lowest BCUT2D eigenvalue weighted by molar-refractivity contribution is -0.137. The molecule has 0 spiro atoms. The van der Waals surface area contributed by atoms with E-state index in [1.165, 1.54) is 24.8 Å². The van der Waals surface area contributed by atoms with E-state index < -0.39 is 5.97 Å². The molecule has 0 bridgehead atoms. The highest BCUT2D eigenvalue weighted by atomic mass is 16.4. The molecule has 0 saturated carbocycles. The molecule has 0 amide bonds. The van der Waals surface area contributed by atoms with Crippen LogP contribution in [-0.2, 0) is 4.79 Å². The summed E-state index contributed by atoms with van der Waals surface area (Å²) in [5, 5.41) is 12.2. The highest BCUT2D eigenvalue weighted by molar-refractivity contribution is 5.66. The van der Waals surface area contributed by atoms with Crippen LogP contribution >= 0.6 is 0 Å². The summed E-state index contributed by atoms with van der Waals surface area (Å²) in [4.78, 5) is 10.6. The van der Waals surface area contributed by atoms with Crippen LogP contribution in [0.3, 0.4) is 0 Å². The number of carbonyl (C=O) groups is 1. The lowest BCUT2D eigenvalue weighted by atomic mass is 9.83. The maximum atomic E-state index is 10.6. The van der Waals surface area contributed by atoms with E-state index in [1.807, 2.05) is 6.08 Å². The Kier molecular flexibility index (Phi) is 6.68. The first kappa shape index (κ1) is 15.8. The molecule has 0 aliphatic carbocycles. The second-order valence-corrected chi connectivity index (χ2v) is 5.50. The maximum Gasteiger partial charge on any atom is 0.303 e. The lowest BCUT2D eigenvalue weighted by Gasteiger charge is -2.21. The van der Waals surface area contributed by atoms with Crippen LogP contribution in [0.5, 0.6) is 0 Å². The number of carboxylic acids is 1. The van der Waals surface area contributed by atoms with Crippen LogP contribution in [0.2, 0.25) is 0 Å². The third kappa shape index (κ3) is 4.73. The van der Waals surface area contributed by atoms with Gasteiger partial charge in [0, 0.05) is 24.6 Å². The van der Waals surface area contributed by atoms with Crippen LogP contribution in [0.25, 0.3) is 0 Å². The van der Waals surface area contributed by atoms with Gasteiger partial charge in [0.15, 0.2) is 0 Å². The normalized spacial score (nSPS) is 20.2. The highest BCUT2D eigenvalue weighted by Crippen LogP contribution is 2.33. The first-order valence-electron chi connectivity index (χ1n) is 7.41. The monoisotopic (exact) mass is 265 g/mol. The molecule has 2 atom stereocenters. The Bertz CT molecular complexity index is 347. The molecule has 0 fully saturated rings. The van der Waals surface area contributed by atoms with Gasteiger partial charge in [-0.3, -0.25) is 4.79 Å². The topological polar surface area (TPSA) is 49.3 Å². The molecule has 1 unspecified atom stereocenters. The Balaban J connectivity index is 2.62. The Morgan fingerprint density at radius 3 is 2.89 bits per heavy atom. The fraction of sp³-hybridized carbons (Fsp3) is 0.688. The number of aliphatic carboxylic acids is 1. The molecule has 3 nitrogen and oxygen atoms in total. The second-order valence-electron chi connectivity index (χ2n) is 5.50. The highest BCUT2D eigenvalue weighted by Gasteiger charge is 2.27. The van der Waals surface area contributed by atoms with Crippen molar-refractivity contribution in [3.8, 4) is 0 Å². The van der Waals surface area contributed by atoms with Crippen molar-refractivity contribution in [3.05, 3.63) is 23.9 Å². The molecular formula is C16H27NO2. The van der Waals surface area contributed by atoms with E-state index in [0.717, 1.165) is 25.1 Å². The van der Waals surface area contributed by atoms with Crippen LogP contribution in [-0.4, -0.2) is 17.6 Å². The third-order valence-corrected chi connectivity index (χ3v) is 4.05. The predicted molar refractivity (Wildman–Crippen MR) is 78.9 cm³/mol. The molecule has 1 aliphatic rings. The van der Waals surface area contributed by atoms with E-state index in [1.54, 1.807) is 0 Å². The Morgan fingerprint density at radius 1 is 1.58 bits per heavy atom. The number of carboxylic acid groups (broad SMARTS) is 1. The summed E-state index contributed by atoms with van der Waals surface area (Å²) >= 11 is 0. The summed E-state index contributed by atoms with van der Waals surface area (Å²) in [6, 6.07) is 0. The lowest BCUT2D eigenvalue weighted by Crippen LogP contribution is -2.19. The number of unbranched alkanes of at least 4 members (excludes halogenated alkanes) is 1. The zero-order valence-corrected chi connectivity index (χ0v) is 12.2. The largest absolute Gasteiger partial charge is 0.481 e. The number of allylic oxidation sites excluding steroid dienone is 1. The average Bonchev–Trinajstić information content (AvgIpc) is 2.78. The van der Waals surface area contributed by atoms with Crippen LogP contribution in [0.15, 0.2) is 23.9 Å². The molecule has 3 heteroatoms. The van der Waals surface area contributed by atoms with Gasteiger partial charge in [-0.15, -0.1) is 0 Å². The van der Waals surface area contributed by atoms with Gasteiger partial charge in [0.05, 0.1) is 0 Å². The molecule has 0 aromatic rings. The molecule has 108 valence electrons. The second kappa shape index (κ2) is 8.03. The zero-order chi connectivity index (χ0) is 14.3. The van der Waals surface area contributed by atoms with E-state index in [2.05, 4.69) is 25.7 Å². The summed E-state index contributed by atoms with van der Waals surface area (Å²) in [6.07, 6.45) is 7.48. The molecule has 1 rings (SSSR count). The maximum absolute atomic E-state index is 10.6. The van der Waals surface area contributed by atoms with Gasteiger partial charge in [0.1, 0.15) is 0 Å². The summed E-state index contributed by atoms with van der Waals surface area (Å²) in [5.41, 5.74) is 2.53. The average molecular weight is 265 g/mol. The SMILES string of the molecule is C=CC1=C(CCCC(=O)O)C([C@@H](C)CCCC)CN1. The van der Waals surface area contributed by atoms with Crippen LogP contribution in [0, 0.1) is 11.8 Å². The van der Waals surface area contributed by atoms with E-state index >= 15 is 0 Å². The standard InChI is InChI=1S/C16H27NO2/c1-4-6-8-12(3)14-11-17-15(5-2)13(14)9-7-10-16(18)19/h5,12,14,17H,2,4,6-11H2,1,3H3,(H,18,19)/t12-,14?/m0/s1. The molecular weight excluding hydrogens is 238 g/mol. The number of nitrogens with one attached hydrogen (secondary N) is 1. The van der Waals surface area contributed by atoms with E-state index in [0.29, 0.717) is 11.8 Å². The van der Waals surface area contributed by atoms with Crippen molar-refractivity contribution in [3.63, 3.8) is 0 Å². The van der Waals surface area contributed by atoms with Crippen LogP contribution in [0.1, 0.15) is 52.4 Å². The summed E-state index contributed by atoms with van der Waals surface area (Å²) in [6.45, 7) is 9.37. The van der Waals surface area contributed by atoms with Gasteiger partial charge in [0.25, 0.3) is 0 Å². The number of rotatable bonds is 9. The number of hydrogen-bond donors (Lipinski definition) is 2. The molecule has 0 radical (unpaired) electrons. The van der Waals surface area contributed by atoms with Gasteiger partial charge in [-0.2, -0.15) is 0 Å². The molecule has 2 N–H and O–H groups in total. The van der Waals surface area contributed by atoms with Crippen molar-refractivity contribution in [1.29, 1.82) is 0 Å². The minimum Gasteiger partial charge on any atom is -0.481 e. The number of hydrogen-bond acceptors (Lipinski definition) is 2. The van der Waals surface area contributed by atoms with E-state index in [4.69, 9.17) is 5.11 Å². The first-order valence-corrected chi connectivity index (χ1v) is 7.41. The summed E-state index contributed by atoms with van der Waals surface area (Å²) in [7, 11) is 0. The van der Waals surface area contributed by atoms with Crippen molar-refractivity contribution in [2.24, 2.45) is 11.8 Å². The Morgan fingerprint density at radius 2 is 2.32 bits per heavy atom. The molecule has 0 aromatic heterocycles. The fourth-order valence-corrected chi connectivity index (χ4v) is 2.88. The Hall–Kier alpha value is -1.25. The van der Waals surface area contributed by atoms with Crippen LogP contribution in [0.4, 0.5) is 0 Å². The molecule has 0 saturated heterocycles. The molecule has 1 aliphatic heterocycles. The van der Waals surface area contributed by atoms with Crippen molar-refractivity contribution < 1.29 is 9.90 Å². The summed E-state index contributed by atoms with van der Waals surface area (Å²) in [5.74, 6) is 0.500. The molecule has 19 heavy (non-hydrogen) atoms. The van der Waals surface area contributed by atoms with Crippen molar-refractivity contribution in [2.75, 3.05) is 6.54 Å². The van der Waals surface area contributed by atoms with Gasteiger partial charge >= 0.3 is 5.97 Å². The van der Waals surface area contributed by atoms with Gasteiger partial charge in [-0.25, -0.2) is 0 Å². The van der Waals surface area contributed by atoms with E-state index in [-0.39, 0.29) is 6.42 Å². The fourth-order valence-electron chi connectivity index (χ4n) is 2.88. The third-order valence-electron chi connectivity index (χ3n) is 4.05. The molecule has 1 heterocycles. The van der Waals surface area contributed by atoms with Crippen molar-refractivity contribution in [2.45, 2.75) is 52.4 Å². The quantitative estimate of drug-likeness (QED) is 0.668. The first-order chi connectivity index (χ1) is 9.10. The summed E-state index contributed by atoms with van der Waals surface area (Å²) < 4.78 is 0. The minimum absolute atomic E-state index is 0.254. The molecule has 0 aromatic carbocycles. The Labute approximate surface area is 116 Å². The zero-order valence-electron chi connectivity index (χ0n) is 12.2. The van der Waals surface area contributed by atoms with Gasteiger partial charge in [-0.05, 0) is 30.4 Å². The van der Waals surface area contributed by atoms with Crippen molar-refractivity contribution in [1.82, 2.24) is 5.32 Å². The van der Waals surface area contributed by atoms with Gasteiger partial charge < -0.3 is 10.4 Å². The van der Waals surface area contributed by atoms with Crippen molar-refractivity contribution >= 4 is 5.97 Å². The predicted octanol–water partition coefficient (Wildman–Crippen LogP) is 3.73. The van der Waals surface area contributed by atoms with E-state index in [9.17, 15) is 4.79 Å². The van der Waals surface area contributed by atoms with Gasteiger partial charge in [0.2, 0.25) is 0 Å².